The number of ether oxygens (including phenoxy) is 2. The molecule has 0 atom stereocenters. The van der Waals surface area contributed by atoms with Crippen LogP contribution in [0.2, 0.25) is 0 Å². The number of amides is 3. The van der Waals surface area contributed by atoms with Gasteiger partial charge in [0.15, 0.2) is 0 Å². The van der Waals surface area contributed by atoms with Crippen molar-refractivity contribution >= 4 is 35.2 Å². The van der Waals surface area contributed by atoms with E-state index in [1.165, 1.54) is 5.56 Å². The maximum atomic E-state index is 14.1. The number of nitrogens with one attached hydrogen (secondary N) is 2. The lowest BCUT2D eigenvalue weighted by atomic mass is 9.87. The minimum Gasteiger partial charge on any atom is -0.443 e. The summed E-state index contributed by atoms with van der Waals surface area (Å²) in [6.07, 6.45) is 4.39. The topological polar surface area (TPSA) is 126 Å². The molecule has 1 saturated heterocycles. The molecule has 46 heavy (non-hydrogen) atoms. The summed E-state index contributed by atoms with van der Waals surface area (Å²) < 4.78 is 11.2. The number of carbonyl (C=O) groups excluding carboxylic acids is 3. The first-order valence-electron chi connectivity index (χ1n) is 16.0. The molecule has 11 heteroatoms. The van der Waals surface area contributed by atoms with Crippen LogP contribution in [0, 0.1) is 0 Å². The van der Waals surface area contributed by atoms with E-state index in [9.17, 15) is 14.4 Å². The van der Waals surface area contributed by atoms with Gasteiger partial charge >= 0.3 is 6.09 Å². The summed E-state index contributed by atoms with van der Waals surface area (Å²) >= 11 is 0. The molecule has 3 aromatic rings. The average molecular weight is 625 g/mol. The molecule has 1 aliphatic carbocycles. The van der Waals surface area contributed by atoms with E-state index in [2.05, 4.69) is 26.6 Å². The van der Waals surface area contributed by atoms with Gasteiger partial charge in [-0.05, 0) is 107 Å². The first kappa shape index (κ1) is 30.3. The van der Waals surface area contributed by atoms with Crippen LogP contribution in [-0.4, -0.2) is 70.6 Å². The molecule has 3 aliphatic heterocycles. The van der Waals surface area contributed by atoms with Gasteiger partial charge in [0.1, 0.15) is 17.2 Å². The average Bonchev–Trinajstić information content (AvgIpc) is 3.65. The number of pyridine rings is 2. The molecule has 0 unspecified atom stereocenters. The summed E-state index contributed by atoms with van der Waals surface area (Å²) in [6.45, 7) is 7.53. The normalized spacial score (nSPS) is 18.5. The van der Waals surface area contributed by atoms with Gasteiger partial charge in [-0.2, -0.15) is 0 Å². The van der Waals surface area contributed by atoms with Gasteiger partial charge in [0.25, 0.3) is 5.91 Å². The van der Waals surface area contributed by atoms with Crippen LogP contribution in [0.4, 0.5) is 22.1 Å². The first-order chi connectivity index (χ1) is 21.9. The third-order valence-corrected chi connectivity index (χ3v) is 9.24. The van der Waals surface area contributed by atoms with Crippen molar-refractivity contribution in [1.82, 2.24) is 19.8 Å². The number of carbonyl (C=O) groups is 3. The highest BCUT2D eigenvalue weighted by molar-refractivity contribution is 6.13. The van der Waals surface area contributed by atoms with Gasteiger partial charge < -0.3 is 25.0 Å². The van der Waals surface area contributed by atoms with E-state index in [1.807, 2.05) is 38.4 Å². The van der Waals surface area contributed by atoms with Crippen LogP contribution in [0.15, 0.2) is 36.5 Å². The van der Waals surface area contributed by atoms with Crippen molar-refractivity contribution in [2.45, 2.75) is 76.5 Å². The van der Waals surface area contributed by atoms with Gasteiger partial charge in [-0.1, -0.05) is 12.1 Å². The van der Waals surface area contributed by atoms with E-state index in [0.717, 1.165) is 66.2 Å². The number of nitrogens with zero attached hydrogens (tertiary/aromatic N) is 4. The lowest BCUT2D eigenvalue weighted by Gasteiger charge is -2.25. The number of anilines is 3. The summed E-state index contributed by atoms with van der Waals surface area (Å²) in [7, 11) is 4.05. The second-order valence-corrected chi connectivity index (χ2v) is 14.0. The Morgan fingerprint density at radius 2 is 1.87 bits per heavy atom. The van der Waals surface area contributed by atoms with Crippen LogP contribution < -0.4 is 10.6 Å². The van der Waals surface area contributed by atoms with Crippen molar-refractivity contribution in [3.8, 4) is 11.1 Å². The summed E-state index contributed by atoms with van der Waals surface area (Å²) in [6, 6.07) is 9.80. The number of rotatable bonds is 6. The Morgan fingerprint density at radius 1 is 1.11 bits per heavy atom. The molecule has 0 bridgehead atoms. The monoisotopic (exact) mass is 624 g/mol. The van der Waals surface area contributed by atoms with Crippen molar-refractivity contribution in [1.29, 1.82) is 0 Å². The zero-order chi connectivity index (χ0) is 32.4. The molecule has 7 rings (SSSR count). The largest absolute Gasteiger partial charge is 0.443 e. The van der Waals surface area contributed by atoms with Gasteiger partial charge in [0.05, 0.1) is 28.9 Å². The number of imide groups is 1. The summed E-state index contributed by atoms with van der Waals surface area (Å²) in [5, 5.41) is 6.37. The predicted molar refractivity (Wildman–Crippen MR) is 173 cm³/mol. The Bertz CT molecular complexity index is 1750. The molecule has 3 amide bonds. The van der Waals surface area contributed by atoms with Crippen LogP contribution in [-0.2, 0) is 32.8 Å². The van der Waals surface area contributed by atoms with Gasteiger partial charge in [0.2, 0.25) is 5.91 Å². The quantitative estimate of drug-likeness (QED) is 0.354. The minimum absolute atomic E-state index is 0.0346. The highest BCUT2D eigenvalue weighted by Gasteiger charge is 2.58. The summed E-state index contributed by atoms with van der Waals surface area (Å²) in [5.74, 6) is 1.08. The fraction of sp³-hybridized carbons (Fsp3) is 0.457. The second kappa shape index (κ2) is 11.2. The van der Waals surface area contributed by atoms with Crippen molar-refractivity contribution in [2.75, 3.05) is 37.9 Å². The Labute approximate surface area is 268 Å². The van der Waals surface area contributed by atoms with E-state index in [1.54, 1.807) is 27.0 Å². The van der Waals surface area contributed by atoms with Crippen molar-refractivity contribution in [3.63, 3.8) is 0 Å². The van der Waals surface area contributed by atoms with E-state index in [4.69, 9.17) is 14.5 Å². The van der Waals surface area contributed by atoms with Gasteiger partial charge in [0, 0.05) is 31.5 Å². The molecular weight excluding hydrogens is 584 g/mol. The van der Waals surface area contributed by atoms with Crippen molar-refractivity contribution < 1.29 is 23.9 Å². The van der Waals surface area contributed by atoms with E-state index in [-0.39, 0.29) is 12.5 Å². The van der Waals surface area contributed by atoms with Crippen molar-refractivity contribution in [3.05, 3.63) is 64.5 Å². The lowest BCUT2D eigenvalue weighted by molar-refractivity contribution is -0.117. The third kappa shape index (κ3) is 5.31. The summed E-state index contributed by atoms with van der Waals surface area (Å²) in [5.41, 5.74) is 4.97. The number of benzene rings is 1. The molecule has 2 fully saturated rings. The van der Waals surface area contributed by atoms with Crippen LogP contribution in [0.3, 0.4) is 0 Å². The molecule has 240 valence electrons. The number of fused-ring (bicyclic) bond motifs is 3. The predicted octanol–water partition coefficient (Wildman–Crippen LogP) is 5.72. The molecule has 2 aromatic heterocycles. The van der Waals surface area contributed by atoms with Gasteiger partial charge in [-0.15, -0.1) is 0 Å². The van der Waals surface area contributed by atoms with E-state index >= 15 is 0 Å². The van der Waals surface area contributed by atoms with Crippen LogP contribution in [0.25, 0.3) is 11.1 Å². The maximum Gasteiger partial charge on any atom is 0.417 e. The Kier molecular flexibility index (Phi) is 7.36. The second-order valence-electron chi connectivity index (χ2n) is 14.0. The lowest BCUT2D eigenvalue weighted by Crippen LogP contribution is -2.37. The standard InChI is InChI=1S/C35H40N6O5/c1-34(2,3)46-33(44)41-18-24-22(23-10-15-36-30-29(23)35(13-14-35)32(43)39-30)6-8-25(28(24)31(41)42)37-27-9-7-21(20-11-16-45-17-12-20)26(38-27)19-40(4)5/h6-10,15,20H,11-14,16-19H2,1-5H3,(H,37,38)(H,36,39,43). The number of hydrogen-bond donors (Lipinski definition) is 2. The van der Waals surface area contributed by atoms with E-state index in [0.29, 0.717) is 40.9 Å². The molecule has 11 nitrogen and oxygen atoms in total. The Hall–Kier alpha value is -4.35. The third-order valence-electron chi connectivity index (χ3n) is 9.24. The molecule has 5 heterocycles. The van der Waals surface area contributed by atoms with Gasteiger partial charge in [-0.3, -0.25) is 9.59 Å². The van der Waals surface area contributed by atoms with Crippen LogP contribution >= 0.6 is 0 Å². The highest BCUT2D eigenvalue weighted by atomic mass is 16.6. The van der Waals surface area contributed by atoms with Gasteiger partial charge in [-0.25, -0.2) is 19.7 Å². The smallest absolute Gasteiger partial charge is 0.417 e. The zero-order valence-electron chi connectivity index (χ0n) is 27.0. The molecule has 1 aromatic carbocycles. The van der Waals surface area contributed by atoms with Crippen LogP contribution in [0.1, 0.15) is 85.1 Å². The fourth-order valence-corrected chi connectivity index (χ4v) is 6.98. The summed E-state index contributed by atoms with van der Waals surface area (Å²) in [4.78, 5) is 53.1. The van der Waals surface area contributed by atoms with Crippen molar-refractivity contribution in [2.24, 2.45) is 0 Å². The zero-order valence-corrected chi connectivity index (χ0v) is 27.0. The molecular formula is C35H40N6O5. The Balaban J connectivity index is 1.30. The maximum absolute atomic E-state index is 14.1. The molecule has 1 saturated carbocycles. The highest BCUT2D eigenvalue weighted by Crippen LogP contribution is 2.58. The number of aromatic nitrogens is 2. The molecule has 1 spiro atoms. The SMILES string of the molecule is CN(C)Cc1nc(Nc2ccc(-c3ccnc4c3C3(CC3)C(=O)N4)c3c2C(=O)N(C(=O)OC(C)(C)C)C3)ccc1C1CCOCC1. The first-order valence-corrected chi connectivity index (χ1v) is 16.0. The van der Waals surface area contributed by atoms with Crippen LogP contribution in [0.5, 0.6) is 0 Å². The Morgan fingerprint density at radius 3 is 2.57 bits per heavy atom. The number of hydrogen-bond acceptors (Lipinski definition) is 9. The van der Waals surface area contributed by atoms with E-state index < -0.39 is 23.0 Å². The minimum atomic E-state index is -0.773. The molecule has 0 radical (unpaired) electrons. The fourth-order valence-electron chi connectivity index (χ4n) is 6.98. The molecule has 4 aliphatic rings. The molecule has 2 N–H and O–H groups in total.